The van der Waals surface area contributed by atoms with Crippen LogP contribution in [-0.2, 0) is 14.3 Å². The molecular formula is C11H20BrNO3. The van der Waals surface area contributed by atoms with Crippen molar-refractivity contribution < 1.29 is 14.3 Å². The third kappa shape index (κ3) is 5.27. The lowest BCUT2D eigenvalue weighted by Crippen LogP contribution is -2.42. The van der Waals surface area contributed by atoms with Crippen molar-refractivity contribution in [3.63, 3.8) is 0 Å². The van der Waals surface area contributed by atoms with Crippen LogP contribution in [-0.4, -0.2) is 54.1 Å². The molecule has 0 aromatic heterocycles. The number of halogens is 1. The summed E-state index contributed by atoms with van der Waals surface area (Å²) < 4.78 is 10.5. The third-order valence-electron chi connectivity index (χ3n) is 2.18. The van der Waals surface area contributed by atoms with Gasteiger partial charge in [0.05, 0.1) is 13.2 Å². The number of hydrogen-bond donors (Lipinski definition) is 0. The first-order valence-electron chi connectivity index (χ1n) is 5.55. The Kier molecular flexibility index (Phi) is 5.21. The first-order valence-corrected chi connectivity index (χ1v) is 6.47. The van der Waals surface area contributed by atoms with E-state index < -0.39 is 5.60 Å². The number of ether oxygens (including phenoxy) is 2. The Bertz CT molecular complexity index is 234. The predicted octanol–water partition coefficient (Wildman–Crippen LogP) is 1.42. The zero-order valence-corrected chi connectivity index (χ0v) is 11.7. The molecule has 1 fully saturated rings. The molecule has 0 aromatic rings. The average molecular weight is 294 g/mol. The Labute approximate surface area is 105 Å². The molecule has 0 amide bonds. The van der Waals surface area contributed by atoms with Gasteiger partial charge in [-0.15, -0.1) is 0 Å². The van der Waals surface area contributed by atoms with Gasteiger partial charge in [0.15, 0.2) is 0 Å². The Morgan fingerprint density at radius 2 is 2.00 bits per heavy atom. The number of hydrogen-bond acceptors (Lipinski definition) is 4. The van der Waals surface area contributed by atoms with E-state index in [1.807, 2.05) is 20.8 Å². The summed E-state index contributed by atoms with van der Waals surface area (Å²) in [5.41, 5.74) is -0.423. The molecule has 1 aliphatic heterocycles. The minimum absolute atomic E-state index is 0.195. The number of carbonyl (C=O) groups is 1. The lowest BCUT2D eigenvalue weighted by atomic mass is 10.2. The monoisotopic (exact) mass is 293 g/mol. The summed E-state index contributed by atoms with van der Waals surface area (Å²) in [4.78, 5) is 13.6. The van der Waals surface area contributed by atoms with Gasteiger partial charge in [0.25, 0.3) is 0 Å². The zero-order valence-electron chi connectivity index (χ0n) is 10.2. The number of esters is 1. The number of nitrogens with zero attached hydrogens (tertiary/aromatic N) is 1. The molecule has 1 saturated heterocycles. The van der Waals surface area contributed by atoms with Gasteiger partial charge in [-0.1, -0.05) is 15.9 Å². The van der Waals surface area contributed by atoms with Crippen molar-refractivity contribution in [1.29, 1.82) is 0 Å². The molecule has 0 bridgehead atoms. The number of morpholine rings is 1. The quantitative estimate of drug-likeness (QED) is 0.583. The van der Waals surface area contributed by atoms with Crippen LogP contribution in [0.5, 0.6) is 0 Å². The van der Waals surface area contributed by atoms with Crippen molar-refractivity contribution in [2.45, 2.75) is 31.2 Å². The van der Waals surface area contributed by atoms with Crippen molar-refractivity contribution >= 4 is 21.9 Å². The van der Waals surface area contributed by atoms with Crippen molar-refractivity contribution in [1.82, 2.24) is 4.90 Å². The topological polar surface area (TPSA) is 38.8 Å². The van der Waals surface area contributed by atoms with Crippen molar-refractivity contribution in [3.05, 3.63) is 0 Å². The number of carbonyl (C=O) groups excluding carboxylic acids is 1. The van der Waals surface area contributed by atoms with Crippen LogP contribution >= 0.6 is 15.9 Å². The molecule has 1 rings (SSSR count). The lowest BCUT2D eigenvalue weighted by Gasteiger charge is -2.29. The largest absolute Gasteiger partial charge is 0.459 e. The van der Waals surface area contributed by atoms with Crippen LogP contribution in [0.1, 0.15) is 20.8 Å². The van der Waals surface area contributed by atoms with Gasteiger partial charge in [0.2, 0.25) is 0 Å². The van der Waals surface area contributed by atoms with Crippen LogP contribution in [0, 0.1) is 0 Å². The molecular weight excluding hydrogens is 274 g/mol. The molecule has 94 valence electrons. The fourth-order valence-corrected chi connectivity index (χ4v) is 1.95. The number of rotatable bonds is 3. The van der Waals surface area contributed by atoms with Gasteiger partial charge >= 0.3 is 5.97 Å². The average Bonchev–Trinajstić information content (AvgIpc) is 2.16. The van der Waals surface area contributed by atoms with Crippen LogP contribution in [0.2, 0.25) is 0 Å². The summed E-state index contributed by atoms with van der Waals surface area (Å²) in [7, 11) is 0. The minimum atomic E-state index is -0.423. The Balaban J connectivity index is 2.33. The molecule has 0 radical (unpaired) electrons. The summed E-state index contributed by atoms with van der Waals surface area (Å²) in [6.07, 6.45) is 0. The van der Waals surface area contributed by atoms with E-state index in [1.54, 1.807) is 0 Å². The highest BCUT2D eigenvalue weighted by Crippen LogP contribution is 2.13. The molecule has 1 heterocycles. The van der Waals surface area contributed by atoms with Crippen LogP contribution in [0.15, 0.2) is 0 Å². The van der Waals surface area contributed by atoms with E-state index in [-0.39, 0.29) is 10.8 Å². The molecule has 0 N–H and O–H groups in total. The van der Waals surface area contributed by atoms with Crippen molar-refractivity contribution in [3.8, 4) is 0 Å². The smallest absolute Gasteiger partial charge is 0.321 e. The van der Waals surface area contributed by atoms with Gasteiger partial charge < -0.3 is 9.47 Å². The van der Waals surface area contributed by atoms with E-state index in [4.69, 9.17) is 9.47 Å². The third-order valence-corrected chi connectivity index (χ3v) is 2.85. The van der Waals surface area contributed by atoms with E-state index in [0.717, 1.165) is 26.3 Å². The molecule has 16 heavy (non-hydrogen) atoms. The predicted molar refractivity (Wildman–Crippen MR) is 65.8 cm³/mol. The normalized spacial score (nSPS) is 20.5. The van der Waals surface area contributed by atoms with E-state index in [2.05, 4.69) is 20.8 Å². The zero-order chi connectivity index (χ0) is 12.2. The summed E-state index contributed by atoms with van der Waals surface area (Å²) in [5, 5.41) is 0. The van der Waals surface area contributed by atoms with E-state index in [0.29, 0.717) is 6.54 Å². The molecule has 0 saturated carbocycles. The number of alkyl halides is 1. The maximum absolute atomic E-state index is 11.7. The summed E-state index contributed by atoms with van der Waals surface area (Å²) >= 11 is 3.37. The molecule has 5 heteroatoms. The molecule has 4 nitrogen and oxygen atoms in total. The van der Waals surface area contributed by atoms with Gasteiger partial charge in [0.1, 0.15) is 10.4 Å². The maximum atomic E-state index is 11.7. The second kappa shape index (κ2) is 5.98. The lowest BCUT2D eigenvalue weighted by molar-refractivity contribution is -0.154. The van der Waals surface area contributed by atoms with Gasteiger partial charge in [-0.2, -0.15) is 0 Å². The first kappa shape index (κ1) is 13.9. The maximum Gasteiger partial charge on any atom is 0.321 e. The second-order valence-electron chi connectivity index (χ2n) is 4.91. The minimum Gasteiger partial charge on any atom is -0.459 e. The molecule has 0 aromatic carbocycles. The fourth-order valence-electron chi connectivity index (χ4n) is 1.45. The fraction of sp³-hybridized carbons (Fsp3) is 0.909. The van der Waals surface area contributed by atoms with Crippen molar-refractivity contribution in [2.75, 3.05) is 32.8 Å². The summed E-state index contributed by atoms with van der Waals surface area (Å²) in [6.45, 7) is 9.55. The summed E-state index contributed by atoms with van der Waals surface area (Å²) in [5.74, 6) is -0.195. The van der Waals surface area contributed by atoms with E-state index >= 15 is 0 Å². The van der Waals surface area contributed by atoms with Gasteiger partial charge in [-0.25, -0.2) is 0 Å². The molecule has 1 aliphatic rings. The molecule has 1 unspecified atom stereocenters. The highest BCUT2D eigenvalue weighted by atomic mass is 79.9. The highest BCUT2D eigenvalue weighted by Gasteiger charge is 2.25. The SMILES string of the molecule is CC(C)(C)OC(=O)C(Br)CN1CCOCC1. The van der Waals surface area contributed by atoms with E-state index in [1.165, 1.54) is 0 Å². The summed E-state index contributed by atoms with van der Waals surface area (Å²) in [6, 6.07) is 0. The van der Waals surface area contributed by atoms with Crippen LogP contribution < -0.4 is 0 Å². The molecule has 0 aliphatic carbocycles. The van der Waals surface area contributed by atoms with Gasteiger partial charge in [-0.05, 0) is 20.8 Å². The Hall–Kier alpha value is -0.130. The first-order chi connectivity index (χ1) is 7.38. The van der Waals surface area contributed by atoms with E-state index in [9.17, 15) is 4.79 Å². The molecule has 0 spiro atoms. The van der Waals surface area contributed by atoms with Crippen LogP contribution in [0.4, 0.5) is 0 Å². The Morgan fingerprint density at radius 1 is 1.44 bits per heavy atom. The highest BCUT2D eigenvalue weighted by molar-refractivity contribution is 9.10. The van der Waals surface area contributed by atoms with Gasteiger partial charge in [-0.3, -0.25) is 9.69 Å². The second-order valence-corrected chi connectivity index (χ2v) is 6.02. The van der Waals surface area contributed by atoms with Crippen molar-refractivity contribution in [2.24, 2.45) is 0 Å². The molecule has 1 atom stereocenters. The van der Waals surface area contributed by atoms with Crippen LogP contribution in [0.3, 0.4) is 0 Å². The standard InChI is InChI=1S/C11H20BrNO3/c1-11(2,3)16-10(14)9(12)8-13-4-6-15-7-5-13/h9H,4-8H2,1-3H3. The Morgan fingerprint density at radius 3 is 2.50 bits per heavy atom. The van der Waals surface area contributed by atoms with Crippen LogP contribution in [0.25, 0.3) is 0 Å². The van der Waals surface area contributed by atoms with Gasteiger partial charge in [0, 0.05) is 19.6 Å².